The fourth-order valence-corrected chi connectivity index (χ4v) is 4.42. The number of hydrogen-bond acceptors (Lipinski definition) is 5. The highest BCUT2D eigenvalue weighted by molar-refractivity contribution is 6.03. The van der Waals surface area contributed by atoms with Crippen LogP contribution in [0.2, 0.25) is 0 Å². The van der Waals surface area contributed by atoms with Gasteiger partial charge in [0, 0.05) is 44.1 Å². The van der Waals surface area contributed by atoms with Gasteiger partial charge in [-0.3, -0.25) is 10.00 Å². The number of amides is 2. The van der Waals surface area contributed by atoms with Gasteiger partial charge in [-0.2, -0.15) is 5.10 Å². The number of nitrogens with two attached hydrogens (primary N) is 1. The number of benzene rings is 3. The SMILES string of the molecule is CN1CCN(Cc2ccc(-c3ccc(NC(=O)Nc4cccc(F)c4)cc3)c3c(N)n[nH]c23)CC1. The summed E-state index contributed by atoms with van der Waals surface area (Å²) < 4.78 is 13.3. The smallest absolute Gasteiger partial charge is 0.323 e. The predicted molar refractivity (Wildman–Crippen MR) is 138 cm³/mol. The number of nitrogens with zero attached hydrogens (tertiary/aromatic N) is 3. The fourth-order valence-electron chi connectivity index (χ4n) is 4.42. The van der Waals surface area contributed by atoms with Crippen molar-refractivity contribution in [1.82, 2.24) is 20.0 Å². The monoisotopic (exact) mass is 473 g/mol. The molecule has 0 atom stereocenters. The van der Waals surface area contributed by atoms with Gasteiger partial charge in [0.05, 0.1) is 10.9 Å². The van der Waals surface area contributed by atoms with Crippen molar-refractivity contribution in [3.8, 4) is 11.1 Å². The molecule has 0 radical (unpaired) electrons. The molecule has 1 aromatic heterocycles. The van der Waals surface area contributed by atoms with Crippen LogP contribution in [-0.4, -0.2) is 59.3 Å². The van der Waals surface area contributed by atoms with Crippen molar-refractivity contribution in [2.24, 2.45) is 0 Å². The zero-order chi connectivity index (χ0) is 24.4. The van der Waals surface area contributed by atoms with Crippen molar-refractivity contribution in [1.29, 1.82) is 0 Å². The zero-order valence-electron chi connectivity index (χ0n) is 19.5. The van der Waals surface area contributed by atoms with Gasteiger partial charge in [-0.1, -0.05) is 30.3 Å². The zero-order valence-corrected chi connectivity index (χ0v) is 19.5. The number of carbonyl (C=O) groups excluding carboxylic acids is 1. The number of fused-ring (bicyclic) bond motifs is 1. The highest BCUT2D eigenvalue weighted by Crippen LogP contribution is 2.34. The molecule has 180 valence electrons. The summed E-state index contributed by atoms with van der Waals surface area (Å²) in [6.45, 7) is 5.03. The summed E-state index contributed by atoms with van der Waals surface area (Å²) >= 11 is 0. The standard InChI is InChI=1S/C26H28FN7O/c1-33-11-13-34(14-12-33)16-18-7-10-22(23-24(18)31-32-25(23)28)17-5-8-20(9-6-17)29-26(35)30-21-4-2-3-19(27)15-21/h2-10,15H,11-14,16H2,1H3,(H3,28,31,32)(H2,29,30,35). The van der Waals surface area contributed by atoms with E-state index in [0.717, 1.165) is 54.8 Å². The van der Waals surface area contributed by atoms with Gasteiger partial charge >= 0.3 is 6.03 Å². The Morgan fingerprint density at radius 3 is 2.51 bits per heavy atom. The number of halogens is 1. The van der Waals surface area contributed by atoms with E-state index in [1.165, 1.54) is 17.7 Å². The molecule has 0 bridgehead atoms. The van der Waals surface area contributed by atoms with Crippen LogP contribution < -0.4 is 16.4 Å². The molecule has 2 amide bonds. The van der Waals surface area contributed by atoms with Crippen molar-refractivity contribution < 1.29 is 9.18 Å². The molecule has 5 rings (SSSR count). The minimum atomic E-state index is -0.446. The number of piperazine rings is 1. The van der Waals surface area contributed by atoms with Gasteiger partial charge in [-0.05, 0) is 54.1 Å². The molecule has 4 aromatic rings. The normalized spacial score (nSPS) is 14.8. The second-order valence-corrected chi connectivity index (χ2v) is 8.88. The third kappa shape index (κ3) is 5.11. The first-order chi connectivity index (χ1) is 17.0. The maximum atomic E-state index is 13.3. The lowest BCUT2D eigenvalue weighted by Gasteiger charge is -2.32. The highest BCUT2D eigenvalue weighted by atomic mass is 19.1. The van der Waals surface area contributed by atoms with Crippen LogP contribution in [0, 0.1) is 5.82 Å². The van der Waals surface area contributed by atoms with Gasteiger partial charge < -0.3 is 21.3 Å². The lowest BCUT2D eigenvalue weighted by Crippen LogP contribution is -2.43. The number of aromatic nitrogens is 2. The molecule has 0 unspecified atom stereocenters. The van der Waals surface area contributed by atoms with Crippen LogP contribution in [0.25, 0.3) is 22.0 Å². The number of likely N-dealkylation sites (N-methyl/N-ethyl adjacent to an activating group) is 1. The second-order valence-electron chi connectivity index (χ2n) is 8.88. The number of aromatic amines is 1. The second kappa shape index (κ2) is 9.73. The minimum Gasteiger partial charge on any atom is -0.382 e. The number of rotatable bonds is 5. The molecular weight excluding hydrogens is 445 g/mol. The largest absolute Gasteiger partial charge is 0.382 e. The van der Waals surface area contributed by atoms with Crippen LogP contribution in [0.1, 0.15) is 5.56 Å². The number of nitrogens with one attached hydrogen (secondary N) is 3. The van der Waals surface area contributed by atoms with Gasteiger partial charge in [-0.25, -0.2) is 9.18 Å². The van der Waals surface area contributed by atoms with E-state index in [1.807, 2.05) is 24.3 Å². The molecule has 8 nitrogen and oxygen atoms in total. The summed E-state index contributed by atoms with van der Waals surface area (Å²) in [5.41, 5.74) is 11.3. The molecule has 1 saturated heterocycles. The van der Waals surface area contributed by atoms with Crippen molar-refractivity contribution in [3.05, 3.63) is 72.0 Å². The third-order valence-corrected chi connectivity index (χ3v) is 6.36. The van der Waals surface area contributed by atoms with Crippen LogP contribution in [0.5, 0.6) is 0 Å². The molecule has 1 fully saturated rings. The minimum absolute atomic E-state index is 0.383. The summed E-state index contributed by atoms with van der Waals surface area (Å²) in [7, 11) is 2.15. The summed E-state index contributed by atoms with van der Waals surface area (Å²) in [4.78, 5) is 17.1. The lowest BCUT2D eigenvalue weighted by atomic mass is 9.98. The van der Waals surface area contributed by atoms with Crippen LogP contribution >= 0.6 is 0 Å². The van der Waals surface area contributed by atoms with Crippen LogP contribution in [0.3, 0.4) is 0 Å². The van der Waals surface area contributed by atoms with Crippen molar-refractivity contribution in [2.75, 3.05) is 49.6 Å². The van der Waals surface area contributed by atoms with E-state index in [0.29, 0.717) is 17.2 Å². The Labute approximate surface area is 202 Å². The van der Waals surface area contributed by atoms with Crippen LogP contribution in [0.4, 0.5) is 26.4 Å². The molecule has 2 heterocycles. The highest BCUT2D eigenvalue weighted by Gasteiger charge is 2.18. The first kappa shape index (κ1) is 22.8. The van der Waals surface area contributed by atoms with Crippen molar-refractivity contribution in [2.45, 2.75) is 6.54 Å². The summed E-state index contributed by atoms with van der Waals surface area (Å²) in [5.74, 6) is 0.0541. The van der Waals surface area contributed by atoms with Gasteiger partial charge in [0.1, 0.15) is 5.82 Å². The average Bonchev–Trinajstić information content (AvgIpc) is 3.23. The summed E-state index contributed by atoms with van der Waals surface area (Å²) in [6, 6.07) is 17.0. The van der Waals surface area contributed by atoms with E-state index in [9.17, 15) is 9.18 Å². The Hall–Kier alpha value is -3.95. The first-order valence-electron chi connectivity index (χ1n) is 11.6. The van der Waals surface area contributed by atoms with Crippen molar-refractivity contribution in [3.63, 3.8) is 0 Å². The van der Waals surface area contributed by atoms with Crippen LogP contribution in [0.15, 0.2) is 60.7 Å². The number of hydrogen-bond donors (Lipinski definition) is 4. The summed E-state index contributed by atoms with van der Waals surface area (Å²) in [5, 5.41) is 13.7. The Bertz CT molecular complexity index is 1340. The molecule has 9 heteroatoms. The Morgan fingerprint density at radius 1 is 1.03 bits per heavy atom. The summed E-state index contributed by atoms with van der Waals surface area (Å²) in [6.07, 6.45) is 0. The van der Waals surface area contributed by atoms with E-state index in [2.05, 4.69) is 49.8 Å². The van der Waals surface area contributed by atoms with E-state index in [1.54, 1.807) is 12.1 Å². The van der Waals surface area contributed by atoms with E-state index >= 15 is 0 Å². The maximum absolute atomic E-state index is 13.3. The molecule has 1 aliphatic heterocycles. The van der Waals surface area contributed by atoms with E-state index in [-0.39, 0.29) is 0 Å². The predicted octanol–water partition coefficient (Wildman–Crippen LogP) is 4.34. The van der Waals surface area contributed by atoms with Crippen molar-refractivity contribution >= 4 is 34.1 Å². The topological polar surface area (TPSA) is 102 Å². The maximum Gasteiger partial charge on any atom is 0.323 e. The number of anilines is 3. The molecule has 1 aliphatic rings. The van der Waals surface area contributed by atoms with Gasteiger partial charge in [0.15, 0.2) is 5.82 Å². The Kier molecular flexibility index (Phi) is 6.35. The van der Waals surface area contributed by atoms with Gasteiger partial charge in [-0.15, -0.1) is 0 Å². The third-order valence-electron chi connectivity index (χ3n) is 6.36. The van der Waals surface area contributed by atoms with E-state index < -0.39 is 11.8 Å². The number of nitrogen functional groups attached to an aromatic ring is 1. The Morgan fingerprint density at radius 2 is 1.77 bits per heavy atom. The lowest BCUT2D eigenvalue weighted by molar-refractivity contribution is 0.148. The molecule has 0 aliphatic carbocycles. The molecule has 0 spiro atoms. The number of urea groups is 1. The molecule has 5 N–H and O–H groups in total. The van der Waals surface area contributed by atoms with Gasteiger partial charge in [0.25, 0.3) is 0 Å². The number of carbonyl (C=O) groups is 1. The molecular formula is C26H28FN7O. The Balaban J connectivity index is 1.33. The molecule has 0 saturated carbocycles. The fraction of sp³-hybridized carbons (Fsp3) is 0.231. The average molecular weight is 474 g/mol. The quantitative estimate of drug-likeness (QED) is 0.345. The number of H-pyrrole nitrogens is 1. The van der Waals surface area contributed by atoms with Gasteiger partial charge in [0.2, 0.25) is 0 Å². The van der Waals surface area contributed by atoms with E-state index in [4.69, 9.17) is 5.73 Å². The molecule has 35 heavy (non-hydrogen) atoms. The van der Waals surface area contributed by atoms with Crippen LogP contribution in [-0.2, 0) is 6.54 Å². The first-order valence-corrected chi connectivity index (χ1v) is 11.6. The molecule has 3 aromatic carbocycles.